The summed E-state index contributed by atoms with van der Waals surface area (Å²) in [5, 5.41) is 0.352. The van der Waals surface area contributed by atoms with Gasteiger partial charge in [0.2, 0.25) is 0 Å². The van der Waals surface area contributed by atoms with Crippen LogP contribution in [0, 0.1) is 0 Å². The molecule has 1 saturated heterocycles. The Balaban J connectivity index is 2.45. The summed E-state index contributed by atoms with van der Waals surface area (Å²) in [6, 6.07) is 1.54. The van der Waals surface area contributed by atoms with Crippen molar-refractivity contribution in [1.82, 2.24) is 0 Å². The van der Waals surface area contributed by atoms with Gasteiger partial charge in [-0.1, -0.05) is 23.2 Å². The molecule has 0 radical (unpaired) electrons. The van der Waals surface area contributed by atoms with Crippen molar-refractivity contribution < 1.29 is 23.2 Å². The van der Waals surface area contributed by atoms with Crippen LogP contribution in [-0.2, 0) is 9.31 Å². The van der Waals surface area contributed by atoms with E-state index in [9.17, 15) is 4.39 Å². The first-order valence-electron chi connectivity index (χ1n) is 7.36. The third kappa shape index (κ3) is 3.38. The van der Waals surface area contributed by atoms with Gasteiger partial charge in [0, 0.05) is 11.6 Å². The minimum Gasteiger partial charge on any atom is -0.495 e. The highest BCUT2D eigenvalue weighted by Gasteiger charge is 2.53. The molecule has 0 atom stereocenters. The summed E-state index contributed by atoms with van der Waals surface area (Å²) in [6.45, 7) is 7.37. The van der Waals surface area contributed by atoms with E-state index in [1.54, 1.807) is 0 Å². The van der Waals surface area contributed by atoms with Crippen molar-refractivity contribution in [3.8, 4) is 11.5 Å². The molecule has 0 N–H and O–H groups in total. The van der Waals surface area contributed by atoms with Gasteiger partial charge in [0.15, 0.2) is 0 Å². The zero-order valence-electron chi connectivity index (χ0n) is 14.5. The SMILES string of the molecule is COc1cc(OC)c(Cl)c(/C=C(\F)B2OC(C)(C)C(C)(C)O2)c1Cl. The van der Waals surface area contributed by atoms with Gasteiger partial charge in [0.25, 0.3) is 0 Å². The Labute approximate surface area is 152 Å². The maximum absolute atomic E-state index is 14.7. The lowest BCUT2D eigenvalue weighted by atomic mass is 9.86. The molecule has 8 heteroatoms. The second kappa shape index (κ2) is 6.75. The van der Waals surface area contributed by atoms with Gasteiger partial charge in [-0.3, -0.25) is 0 Å². The normalized spacial score (nSPS) is 19.5. The Morgan fingerprint density at radius 3 is 1.83 bits per heavy atom. The van der Waals surface area contributed by atoms with Gasteiger partial charge < -0.3 is 18.8 Å². The molecule has 1 aromatic carbocycles. The fourth-order valence-electron chi connectivity index (χ4n) is 2.19. The van der Waals surface area contributed by atoms with E-state index in [2.05, 4.69) is 0 Å². The highest BCUT2D eigenvalue weighted by Crippen LogP contribution is 2.43. The van der Waals surface area contributed by atoms with E-state index in [-0.39, 0.29) is 15.6 Å². The van der Waals surface area contributed by atoms with Gasteiger partial charge in [-0.2, -0.15) is 0 Å². The molecule has 0 amide bonds. The molecule has 0 saturated carbocycles. The van der Waals surface area contributed by atoms with Gasteiger partial charge in [-0.25, -0.2) is 4.39 Å². The summed E-state index contributed by atoms with van der Waals surface area (Å²) in [7, 11) is 1.76. The molecule has 0 bridgehead atoms. The molecular weight excluding hydrogens is 357 g/mol. The fourth-order valence-corrected chi connectivity index (χ4v) is 2.80. The first-order valence-corrected chi connectivity index (χ1v) is 8.12. The smallest absolute Gasteiger partial charge is 0.495 e. The number of hydrogen-bond acceptors (Lipinski definition) is 4. The standard InChI is InChI=1S/C16H20BCl2FO4/c1-15(2)16(3,4)24-17(23-15)12(20)7-9-13(18)10(21-5)8-11(22-6)14(9)19/h7-8H,1-6H3/b12-7-. The largest absolute Gasteiger partial charge is 0.525 e. The molecule has 0 aromatic heterocycles. The minimum atomic E-state index is -1.14. The molecule has 1 aliphatic rings. The van der Waals surface area contributed by atoms with Crippen molar-refractivity contribution in [3.63, 3.8) is 0 Å². The first-order chi connectivity index (χ1) is 11.0. The van der Waals surface area contributed by atoms with E-state index in [4.69, 9.17) is 42.0 Å². The topological polar surface area (TPSA) is 36.9 Å². The van der Waals surface area contributed by atoms with E-state index in [1.165, 1.54) is 26.4 Å². The Bertz CT molecular complexity index is 632. The fraction of sp³-hybridized carbons (Fsp3) is 0.500. The number of hydrogen-bond donors (Lipinski definition) is 0. The van der Waals surface area contributed by atoms with Crippen molar-refractivity contribution >= 4 is 36.4 Å². The van der Waals surface area contributed by atoms with Crippen LogP contribution >= 0.6 is 23.2 Å². The number of rotatable bonds is 4. The first kappa shape index (κ1) is 19.4. The maximum atomic E-state index is 14.7. The summed E-state index contributed by atoms with van der Waals surface area (Å²) in [4.78, 5) is 0. The lowest BCUT2D eigenvalue weighted by Crippen LogP contribution is -2.41. The summed E-state index contributed by atoms with van der Waals surface area (Å²) in [5.74, 6) is 0.650. The third-order valence-electron chi connectivity index (χ3n) is 4.37. The second-order valence-corrected chi connectivity index (χ2v) is 7.20. The molecule has 1 aliphatic heterocycles. The van der Waals surface area contributed by atoms with Crippen LogP contribution in [0.3, 0.4) is 0 Å². The average Bonchev–Trinajstić information content (AvgIpc) is 2.72. The predicted molar refractivity (Wildman–Crippen MR) is 94.7 cm³/mol. The molecule has 1 heterocycles. The van der Waals surface area contributed by atoms with Gasteiger partial charge in [-0.15, -0.1) is 0 Å². The van der Waals surface area contributed by atoms with E-state index in [0.717, 1.165) is 0 Å². The molecule has 132 valence electrons. The minimum absolute atomic E-state index is 0.176. The maximum Gasteiger partial charge on any atom is 0.525 e. The Kier molecular flexibility index (Phi) is 5.45. The summed E-state index contributed by atoms with van der Waals surface area (Å²) >= 11 is 12.5. The highest BCUT2D eigenvalue weighted by molar-refractivity contribution is 6.55. The molecular formula is C16H20BCl2FO4. The van der Waals surface area contributed by atoms with Crippen molar-refractivity contribution in [2.75, 3.05) is 14.2 Å². The molecule has 1 fully saturated rings. The average molecular weight is 377 g/mol. The highest BCUT2D eigenvalue weighted by atomic mass is 35.5. The Morgan fingerprint density at radius 2 is 1.46 bits per heavy atom. The molecule has 2 rings (SSSR count). The quantitative estimate of drug-likeness (QED) is 0.696. The lowest BCUT2D eigenvalue weighted by molar-refractivity contribution is 0.00578. The molecule has 1 aromatic rings. The molecule has 24 heavy (non-hydrogen) atoms. The van der Waals surface area contributed by atoms with Crippen molar-refractivity contribution in [1.29, 1.82) is 0 Å². The summed E-state index contributed by atoms with van der Waals surface area (Å²) in [6.07, 6.45) is 1.18. The van der Waals surface area contributed by atoms with Crippen LogP contribution in [0.25, 0.3) is 6.08 Å². The second-order valence-electron chi connectivity index (χ2n) is 6.44. The lowest BCUT2D eigenvalue weighted by Gasteiger charge is -2.32. The van der Waals surface area contributed by atoms with Crippen molar-refractivity contribution in [2.45, 2.75) is 38.9 Å². The van der Waals surface area contributed by atoms with Gasteiger partial charge >= 0.3 is 7.12 Å². The predicted octanol–water partition coefficient (Wildman–Crippen LogP) is 4.95. The van der Waals surface area contributed by atoms with Gasteiger partial charge in [-0.05, 0) is 33.8 Å². The zero-order chi connectivity index (χ0) is 18.3. The van der Waals surface area contributed by atoms with Crippen molar-refractivity contribution in [3.05, 3.63) is 27.4 Å². The Hall–Kier alpha value is -0.945. The van der Waals surface area contributed by atoms with E-state index in [1.807, 2.05) is 27.7 Å². The van der Waals surface area contributed by atoms with Gasteiger partial charge in [0.05, 0.1) is 35.5 Å². The van der Waals surface area contributed by atoms with Crippen LogP contribution in [-0.4, -0.2) is 32.5 Å². The van der Waals surface area contributed by atoms with Crippen molar-refractivity contribution in [2.24, 2.45) is 0 Å². The van der Waals surface area contributed by atoms with Crippen LogP contribution in [0.2, 0.25) is 10.0 Å². The molecule has 0 unspecified atom stereocenters. The molecule has 0 aliphatic carbocycles. The van der Waals surface area contributed by atoms with Gasteiger partial charge in [0.1, 0.15) is 17.2 Å². The molecule has 0 spiro atoms. The summed E-state index contributed by atoms with van der Waals surface area (Å²) in [5.41, 5.74) is -1.71. The molecule has 4 nitrogen and oxygen atoms in total. The number of halogens is 3. The third-order valence-corrected chi connectivity index (χ3v) is 5.15. The van der Waals surface area contributed by atoms with Crippen LogP contribution < -0.4 is 9.47 Å². The number of ether oxygens (including phenoxy) is 2. The number of methoxy groups -OCH3 is 2. The van der Waals surface area contributed by atoms with Crippen LogP contribution in [0.15, 0.2) is 11.8 Å². The van der Waals surface area contributed by atoms with E-state index >= 15 is 0 Å². The van der Waals surface area contributed by atoms with Crippen LogP contribution in [0.4, 0.5) is 4.39 Å². The zero-order valence-corrected chi connectivity index (χ0v) is 16.0. The van der Waals surface area contributed by atoms with E-state index in [0.29, 0.717) is 11.5 Å². The summed E-state index contributed by atoms with van der Waals surface area (Å²) < 4.78 is 36.4. The van der Waals surface area contributed by atoms with E-state index < -0.39 is 24.0 Å². The Morgan fingerprint density at radius 1 is 1.04 bits per heavy atom. The van der Waals surface area contributed by atoms with Crippen LogP contribution in [0.5, 0.6) is 11.5 Å². The monoisotopic (exact) mass is 376 g/mol. The number of benzene rings is 1. The van der Waals surface area contributed by atoms with Crippen LogP contribution in [0.1, 0.15) is 33.3 Å².